The number of hydrogen-bond acceptors (Lipinski definition) is 9. The van der Waals surface area contributed by atoms with Crippen molar-refractivity contribution in [3.8, 4) is 5.75 Å². The Morgan fingerprint density at radius 1 is 1.05 bits per heavy atom. The minimum atomic E-state index is -1.46. The van der Waals surface area contributed by atoms with E-state index in [1.54, 1.807) is 42.5 Å². The molecule has 0 radical (unpaired) electrons. The van der Waals surface area contributed by atoms with Crippen LogP contribution in [0.4, 0.5) is 5.69 Å². The van der Waals surface area contributed by atoms with Crippen LogP contribution in [-0.4, -0.2) is 25.8 Å². The van der Waals surface area contributed by atoms with Crippen molar-refractivity contribution in [2.75, 3.05) is 5.84 Å². The number of nitroso groups, excluding NO2 is 2. The van der Waals surface area contributed by atoms with Gasteiger partial charge in [0.25, 0.3) is 5.91 Å². The predicted octanol–water partition coefficient (Wildman–Crippen LogP) is 2.83. The van der Waals surface area contributed by atoms with Crippen LogP contribution in [0.15, 0.2) is 67.4 Å². The van der Waals surface area contributed by atoms with Gasteiger partial charge in [-0.15, -0.1) is 4.91 Å². The Hall–Kier alpha value is -4.39. The van der Waals surface area contributed by atoms with Crippen LogP contribution in [0.3, 0.4) is 0 Å². The molecule has 13 nitrogen and oxygen atoms in total. The average Bonchev–Trinajstić information content (AvgIpc) is 2.89. The number of carbonyl (C=O) groups excluding carboxylic acids is 1. The van der Waals surface area contributed by atoms with E-state index in [-0.39, 0.29) is 30.5 Å². The highest BCUT2D eigenvalue weighted by molar-refractivity contribution is 6.30. The van der Waals surface area contributed by atoms with Crippen molar-refractivity contribution in [3.63, 3.8) is 0 Å². The highest BCUT2D eigenvalue weighted by Gasteiger charge is 2.31. The molecular formula is C25H28ClN7O6. The van der Waals surface area contributed by atoms with Gasteiger partial charge in [0.15, 0.2) is 0 Å². The van der Waals surface area contributed by atoms with Gasteiger partial charge >= 0.3 is 11.4 Å². The van der Waals surface area contributed by atoms with E-state index in [1.165, 1.54) is 13.8 Å². The molecule has 1 aromatic heterocycles. The molecule has 1 heterocycles. The van der Waals surface area contributed by atoms with Crippen LogP contribution in [-0.2, 0) is 24.4 Å². The molecular weight excluding hydrogens is 530 g/mol. The lowest BCUT2D eigenvalue weighted by atomic mass is 9.93. The summed E-state index contributed by atoms with van der Waals surface area (Å²) in [7, 11) is 0. The normalized spacial score (nSPS) is 12.0. The second-order valence-corrected chi connectivity index (χ2v) is 10.1. The first-order valence-electron chi connectivity index (χ1n) is 11.9. The van der Waals surface area contributed by atoms with Crippen molar-refractivity contribution in [1.29, 1.82) is 0 Å². The van der Waals surface area contributed by atoms with Crippen LogP contribution in [0.25, 0.3) is 0 Å². The molecule has 206 valence electrons. The number of halogens is 1. The van der Waals surface area contributed by atoms with Crippen molar-refractivity contribution in [2.24, 2.45) is 20.8 Å². The third kappa shape index (κ3) is 6.74. The summed E-state index contributed by atoms with van der Waals surface area (Å²) >= 11 is 5.99. The standard InChI is InChI=1S/C25H28ClN7O6/c1-15(2)39-20-10-9-19(11-17(20)12-28-37)29-22-31(13-16-5-7-18(26)8-6-16)23(35)32(24(36)33(22)27)14-25(3,4)21(34)30-38/h5-11,15H,12-14,27H2,1-4H3. The first kappa shape index (κ1) is 29.2. The van der Waals surface area contributed by atoms with Crippen molar-refractivity contribution in [3.05, 3.63) is 95.0 Å². The summed E-state index contributed by atoms with van der Waals surface area (Å²) in [4.78, 5) is 65.2. The number of aromatic nitrogens is 3. The summed E-state index contributed by atoms with van der Waals surface area (Å²) in [5.41, 5.74) is -2.10. The summed E-state index contributed by atoms with van der Waals surface area (Å²) in [5, 5.41) is 5.86. The predicted molar refractivity (Wildman–Crippen MR) is 145 cm³/mol. The molecule has 39 heavy (non-hydrogen) atoms. The highest BCUT2D eigenvalue weighted by atomic mass is 35.5. The van der Waals surface area contributed by atoms with Crippen molar-refractivity contribution in [1.82, 2.24) is 13.8 Å². The number of benzene rings is 2. The topological polar surface area (TPSA) is 172 Å². The number of carbonyl (C=O) groups is 1. The molecule has 1 amide bonds. The average molecular weight is 558 g/mol. The van der Waals surface area contributed by atoms with Crippen LogP contribution in [0.5, 0.6) is 5.75 Å². The van der Waals surface area contributed by atoms with Gasteiger partial charge in [-0.05, 0) is 63.6 Å². The largest absolute Gasteiger partial charge is 0.491 e. The number of nitrogens with two attached hydrogens (primary N) is 1. The summed E-state index contributed by atoms with van der Waals surface area (Å²) in [6.07, 6.45) is -0.160. The summed E-state index contributed by atoms with van der Waals surface area (Å²) in [6.45, 7) is 5.72. The Balaban J connectivity index is 2.29. The quantitative estimate of drug-likeness (QED) is 0.294. The van der Waals surface area contributed by atoms with Gasteiger partial charge in [0.2, 0.25) is 5.62 Å². The number of amides is 1. The van der Waals surface area contributed by atoms with Crippen LogP contribution in [0, 0.1) is 15.2 Å². The van der Waals surface area contributed by atoms with E-state index in [9.17, 15) is 24.2 Å². The third-order valence-electron chi connectivity index (χ3n) is 5.70. The minimum Gasteiger partial charge on any atom is -0.491 e. The Labute approximate surface area is 227 Å². The van der Waals surface area contributed by atoms with Gasteiger partial charge in [0.1, 0.15) is 12.3 Å². The fraction of sp³-hybridized carbons (Fsp3) is 0.360. The lowest BCUT2D eigenvalue weighted by molar-refractivity contribution is -0.126. The van der Waals surface area contributed by atoms with Crippen LogP contribution in [0.2, 0.25) is 5.02 Å². The molecule has 0 fully saturated rings. The van der Waals surface area contributed by atoms with Gasteiger partial charge in [0.05, 0.1) is 23.8 Å². The molecule has 0 saturated carbocycles. The molecule has 0 aliphatic heterocycles. The maximum absolute atomic E-state index is 13.6. The third-order valence-corrected chi connectivity index (χ3v) is 5.95. The molecule has 14 heteroatoms. The second-order valence-electron chi connectivity index (χ2n) is 9.67. The van der Waals surface area contributed by atoms with Gasteiger partial charge in [-0.1, -0.05) is 28.9 Å². The Morgan fingerprint density at radius 3 is 2.31 bits per heavy atom. The first-order chi connectivity index (χ1) is 18.4. The van der Waals surface area contributed by atoms with Crippen LogP contribution >= 0.6 is 11.6 Å². The van der Waals surface area contributed by atoms with Gasteiger partial charge in [-0.25, -0.2) is 19.1 Å². The van der Waals surface area contributed by atoms with E-state index in [1.807, 2.05) is 13.8 Å². The molecule has 0 bridgehead atoms. The molecule has 2 N–H and O–H groups in total. The van der Waals surface area contributed by atoms with Gasteiger partial charge in [0, 0.05) is 22.3 Å². The molecule has 0 aliphatic rings. The van der Waals surface area contributed by atoms with Crippen molar-refractivity contribution >= 4 is 23.2 Å². The van der Waals surface area contributed by atoms with Gasteiger partial charge in [-0.2, -0.15) is 9.58 Å². The maximum Gasteiger partial charge on any atom is 0.353 e. The Bertz CT molecular complexity index is 1590. The molecule has 2 aromatic carbocycles. The molecule has 3 rings (SSSR count). The smallest absolute Gasteiger partial charge is 0.353 e. The number of nitrogens with zero attached hydrogens (tertiary/aromatic N) is 6. The zero-order valence-electron chi connectivity index (χ0n) is 21.8. The number of rotatable bonds is 10. The summed E-state index contributed by atoms with van der Waals surface area (Å²) in [6, 6.07) is 11.4. The van der Waals surface area contributed by atoms with E-state index in [0.29, 0.717) is 26.6 Å². The Kier molecular flexibility index (Phi) is 8.96. The van der Waals surface area contributed by atoms with E-state index >= 15 is 0 Å². The monoisotopic (exact) mass is 557 g/mol. The molecule has 3 aromatic rings. The van der Waals surface area contributed by atoms with E-state index < -0.39 is 29.2 Å². The minimum absolute atomic E-state index is 0.0656. The first-order valence-corrected chi connectivity index (χ1v) is 12.2. The van der Waals surface area contributed by atoms with Gasteiger partial charge in [-0.3, -0.25) is 9.36 Å². The molecule has 0 unspecified atom stereocenters. The lowest BCUT2D eigenvalue weighted by Gasteiger charge is -2.21. The van der Waals surface area contributed by atoms with E-state index in [2.05, 4.69) is 15.3 Å². The lowest BCUT2D eigenvalue weighted by Crippen LogP contribution is -2.58. The molecule has 0 saturated heterocycles. The molecule has 0 atom stereocenters. The number of nitrogen functional groups attached to an aromatic ring is 1. The zero-order chi connectivity index (χ0) is 28.9. The van der Waals surface area contributed by atoms with Crippen molar-refractivity contribution < 1.29 is 9.53 Å². The number of hydrogen-bond donors (Lipinski definition) is 1. The van der Waals surface area contributed by atoms with Crippen LogP contribution < -0.4 is 27.6 Å². The van der Waals surface area contributed by atoms with Gasteiger partial charge < -0.3 is 10.6 Å². The van der Waals surface area contributed by atoms with Crippen molar-refractivity contribution in [2.45, 2.75) is 53.4 Å². The molecule has 0 spiro atoms. The maximum atomic E-state index is 13.6. The van der Waals surface area contributed by atoms with E-state index in [4.69, 9.17) is 22.2 Å². The zero-order valence-corrected chi connectivity index (χ0v) is 22.6. The fourth-order valence-corrected chi connectivity index (χ4v) is 3.84. The summed E-state index contributed by atoms with van der Waals surface area (Å²) < 4.78 is 8.29. The van der Waals surface area contributed by atoms with E-state index in [0.717, 1.165) is 9.13 Å². The SMILES string of the molecule is CC(C)Oc1ccc(N=c2n(N)c(=O)n(CC(C)(C)C(=O)N=O)c(=O)n2Cc2ccc(Cl)cc2)cc1CN=O. The fourth-order valence-electron chi connectivity index (χ4n) is 3.72. The molecule has 0 aliphatic carbocycles. The summed E-state index contributed by atoms with van der Waals surface area (Å²) in [5.74, 6) is 5.55. The second kappa shape index (κ2) is 12.0. The Morgan fingerprint density at radius 2 is 1.72 bits per heavy atom. The highest BCUT2D eigenvalue weighted by Crippen LogP contribution is 2.26. The number of ether oxygens (including phenoxy) is 1. The van der Waals surface area contributed by atoms with Crippen LogP contribution in [0.1, 0.15) is 38.8 Å².